The van der Waals surface area contributed by atoms with E-state index in [1.807, 2.05) is 0 Å². The highest BCUT2D eigenvalue weighted by Crippen LogP contribution is 2.24. The number of carbonyl (C=O) groups is 2. The van der Waals surface area contributed by atoms with Crippen molar-refractivity contribution >= 4 is 23.5 Å². The Hall–Kier alpha value is -1.62. The molecule has 1 rings (SSSR count). The van der Waals surface area contributed by atoms with E-state index in [1.165, 1.54) is 18.2 Å². The highest BCUT2D eigenvalue weighted by Gasteiger charge is 2.47. The van der Waals surface area contributed by atoms with Crippen molar-refractivity contribution in [3.8, 4) is 0 Å². The molecule has 0 aliphatic rings. The molecular weight excluding hydrogens is 239 g/mol. The van der Waals surface area contributed by atoms with Gasteiger partial charge in [-0.2, -0.15) is 0 Å². The molecule has 86 valence electrons. The lowest BCUT2D eigenvalue weighted by Crippen LogP contribution is -2.44. The van der Waals surface area contributed by atoms with Crippen molar-refractivity contribution in [1.29, 1.82) is 0 Å². The molecule has 1 aromatic rings. The normalized spacial score (nSPS) is 11.1. The zero-order valence-corrected chi connectivity index (χ0v) is 8.74. The van der Waals surface area contributed by atoms with Crippen molar-refractivity contribution in [3.05, 3.63) is 34.9 Å². The summed E-state index contributed by atoms with van der Waals surface area (Å²) in [5.74, 6) is -4.08. The SMILES string of the molecule is O=C(O)C(F)(Cc1ccccc1Cl)C(=O)O. The monoisotopic (exact) mass is 246 g/mol. The van der Waals surface area contributed by atoms with E-state index in [2.05, 4.69) is 0 Å². The van der Waals surface area contributed by atoms with Crippen LogP contribution in [0.1, 0.15) is 5.56 Å². The molecule has 4 nitrogen and oxygen atoms in total. The maximum atomic E-state index is 13.6. The van der Waals surface area contributed by atoms with Crippen LogP contribution in [0.15, 0.2) is 24.3 Å². The molecule has 0 saturated carbocycles. The maximum Gasteiger partial charge on any atom is 0.353 e. The fourth-order valence-corrected chi connectivity index (χ4v) is 1.35. The minimum Gasteiger partial charge on any atom is -0.478 e. The van der Waals surface area contributed by atoms with Gasteiger partial charge in [0.05, 0.1) is 0 Å². The first-order chi connectivity index (χ1) is 7.38. The van der Waals surface area contributed by atoms with Crippen LogP contribution in [0.5, 0.6) is 0 Å². The van der Waals surface area contributed by atoms with Gasteiger partial charge in [-0.25, -0.2) is 14.0 Å². The van der Waals surface area contributed by atoms with Gasteiger partial charge in [-0.15, -0.1) is 0 Å². The Labute approximate surface area is 95.3 Å². The zero-order valence-electron chi connectivity index (χ0n) is 7.98. The van der Waals surface area contributed by atoms with Crippen LogP contribution in [0.4, 0.5) is 4.39 Å². The number of benzene rings is 1. The number of hydrogen-bond acceptors (Lipinski definition) is 2. The summed E-state index contributed by atoms with van der Waals surface area (Å²) in [4.78, 5) is 21.2. The van der Waals surface area contributed by atoms with E-state index in [9.17, 15) is 14.0 Å². The molecule has 0 aliphatic heterocycles. The molecule has 0 radical (unpaired) electrons. The number of rotatable bonds is 4. The van der Waals surface area contributed by atoms with E-state index in [0.717, 1.165) is 0 Å². The Kier molecular flexibility index (Phi) is 3.49. The molecule has 6 heteroatoms. The highest BCUT2D eigenvalue weighted by molar-refractivity contribution is 6.31. The molecule has 0 heterocycles. The van der Waals surface area contributed by atoms with Crippen LogP contribution < -0.4 is 0 Å². The fraction of sp³-hybridized carbons (Fsp3) is 0.200. The Morgan fingerprint density at radius 2 is 1.75 bits per heavy atom. The van der Waals surface area contributed by atoms with Gasteiger partial charge in [0, 0.05) is 11.4 Å². The number of hydrogen-bond donors (Lipinski definition) is 2. The van der Waals surface area contributed by atoms with Crippen LogP contribution in [0, 0.1) is 0 Å². The molecule has 1 aromatic carbocycles. The Balaban J connectivity index is 3.07. The molecule has 0 atom stereocenters. The molecule has 0 aromatic heterocycles. The first-order valence-corrected chi connectivity index (χ1v) is 4.65. The summed E-state index contributed by atoms with van der Waals surface area (Å²) in [6, 6.07) is 5.90. The maximum absolute atomic E-state index is 13.6. The van der Waals surface area contributed by atoms with Crippen LogP contribution in [0.25, 0.3) is 0 Å². The van der Waals surface area contributed by atoms with E-state index in [-0.39, 0.29) is 10.6 Å². The summed E-state index contributed by atoms with van der Waals surface area (Å²) in [5.41, 5.74) is -3.22. The molecule has 0 bridgehead atoms. The summed E-state index contributed by atoms with van der Waals surface area (Å²) in [6.07, 6.45) is -0.808. The lowest BCUT2D eigenvalue weighted by Gasteiger charge is -2.16. The highest BCUT2D eigenvalue weighted by atomic mass is 35.5. The van der Waals surface area contributed by atoms with Crippen molar-refractivity contribution in [3.63, 3.8) is 0 Å². The van der Waals surface area contributed by atoms with Crippen LogP contribution in [0.3, 0.4) is 0 Å². The minimum atomic E-state index is -3.36. The lowest BCUT2D eigenvalue weighted by atomic mass is 9.96. The number of aliphatic carboxylic acids is 2. The third kappa shape index (κ3) is 2.30. The second-order valence-corrected chi connectivity index (χ2v) is 3.59. The standard InChI is InChI=1S/C10H8ClFO4/c11-7-4-2-1-3-6(7)5-10(12,8(13)14)9(15)16/h1-4H,5H2,(H,13,14)(H,15,16). The van der Waals surface area contributed by atoms with E-state index >= 15 is 0 Å². The summed E-state index contributed by atoms with van der Waals surface area (Å²) < 4.78 is 13.6. The van der Waals surface area contributed by atoms with E-state index in [4.69, 9.17) is 21.8 Å². The second-order valence-electron chi connectivity index (χ2n) is 3.18. The van der Waals surface area contributed by atoms with E-state index in [0.29, 0.717) is 0 Å². The molecule has 0 spiro atoms. The Bertz CT molecular complexity index is 419. The van der Waals surface area contributed by atoms with Gasteiger partial charge < -0.3 is 10.2 Å². The van der Waals surface area contributed by atoms with E-state index in [1.54, 1.807) is 6.07 Å². The van der Waals surface area contributed by atoms with Gasteiger partial charge in [-0.1, -0.05) is 29.8 Å². The van der Waals surface area contributed by atoms with Gasteiger partial charge in [0.2, 0.25) is 0 Å². The molecule has 0 saturated heterocycles. The third-order valence-corrected chi connectivity index (χ3v) is 2.44. The lowest BCUT2D eigenvalue weighted by molar-refractivity contribution is -0.166. The van der Waals surface area contributed by atoms with Crippen LogP contribution >= 0.6 is 11.6 Å². The third-order valence-electron chi connectivity index (χ3n) is 2.07. The van der Waals surface area contributed by atoms with Gasteiger partial charge in [-0.05, 0) is 11.6 Å². The number of alkyl halides is 1. The topological polar surface area (TPSA) is 74.6 Å². The Morgan fingerprint density at radius 3 is 2.19 bits per heavy atom. The molecular formula is C10H8ClFO4. The van der Waals surface area contributed by atoms with Crippen molar-refractivity contribution in [2.45, 2.75) is 12.1 Å². The summed E-state index contributed by atoms with van der Waals surface area (Å²) in [6.45, 7) is 0. The van der Waals surface area contributed by atoms with Gasteiger partial charge in [0.25, 0.3) is 0 Å². The molecule has 0 aliphatic carbocycles. The van der Waals surface area contributed by atoms with Crippen LogP contribution in [-0.4, -0.2) is 27.8 Å². The van der Waals surface area contributed by atoms with Crippen LogP contribution in [-0.2, 0) is 16.0 Å². The number of carboxylic acid groups (broad SMARTS) is 2. The van der Waals surface area contributed by atoms with Crippen molar-refractivity contribution in [1.82, 2.24) is 0 Å². The van der Waals surface area contributed by atoms with Gasteiger partial charge >= 0.3 is 17.6 Å². The first kappa shape index (κ1) is 12.4. The largest absolute Gasteiger partial charge is 0.478 e. The van der Waals surface area contributed by atoms with Crippen molar-refractivity contribution in [2.24, 2.45) is 0 Å². The smallest absolute Gasteiger partial charge is 0.353 e. The molecule has 0 amide bonds. The number of carboxylic acids is 2. The van der Waals surface area contributed by atoms with Crippen molar-refractivity contribution < 1.29 is 24.2 Å². The Morgan fingerprint density at radius 1 is 1.25 bits per heavy atom. The predicted molar refractivity (Wildman–Crippen MR) is 54.3 cm³/mol. The molecule has 2 N–H and O–H groups in total. The molecule has 0 unspecified atom stereocenters. The predicted octanol–water partition coefficient (Wildman–Crippen LogP) is 1.76. The van der Waals surface area contributed by atoms with E-state index < -0.39 is 24.0 Å². The average Bonchev–Trinajstić information content (AvgIpc) is 2.20. The van der Waals surface area contributed by atoms with Gasteiger partial charge in [0.1, 0.15) is 0 Å². The average molecular weight is 247 g/mol. The van der Waals surface area contributed by atoms with Crippen LogP contribution in [0.2, 0.25) is 5.02 Å². The quantitative estimate of drug-likeness (QED) is 0.794. The fourth-order valence-electron chi connectivity index (χ4n) is 1.15. The van der Waals surface area contributed by atoms with Gasteiger partial charge in [0.15, 0.2) is 0 Å². The van der Waals surface area contributed by atoms with Crippen molar-refractivity contribution in [2.75, 3.05) is 0 Å². The van der Waals surface area contributed by atoms with Gasteiger partial charge in [-0.3, -0.25) is 0 Å². The first-order valence-electron chi connectivity index (χ1n) is 4.27. The summed E-state index contributed by atoms with van der Waals surface area (Å²) in [5, 5.41) is 17.2. The zero-order chi connectivity index (χ0) is 12.3. The summed E-state index contributed by atoms with van der Waals surface area (Å²) >= 11 is 5.69. The summed E-state index contributed by atoms with van der Waals surface area (Å²) in [7, 11) is 0. The minimum absolute atomic E-state index is 0.132. The molecule has 0 fully saturated rings. The second kappa shape index (κ2) is 4.49. The number of halogens is 2. The molecule has 16 heavy (non-hydrogen) atoms.